The number of nitrogens with zero attached hydrogens (tertiary/aromatic N) is 2. The van der Waals surface area contributed by atoms with Crippen LogP contribution in [0.3, 0.4) is 0 Å². The number of ether oxygens (including phenoxy) is 1. The van der Waals surface area contributed by atoms with E-state index < -0.39 is 0 Å². The van der Waals surface area contributed by atoms with Crippen LogP contribution in [0.25, 0.3) is 5.65 Å². The fourth-order valence-corrected chi connectivity index (χ4v) is 2.34. The fraction of sp³-hybridized carbons (Fsp3) is 0.500. The van der Waals surface area contributed by atoms with Gasteiger partial charge in [0, 0.05) is 26.0 Å². The number of fused-ring (bicyclic) bond motifs is 1. The van der Waals surface area contributed by atoms with Gasteiger partial charge in [0.25, 0.3) is 0 Å². The van der Waals surface area contributed by atoms with Crippen molar-refractivity contribution in [1.29, 1.82) is 0 Å². The number of carbonyl (C=O) groups excluding carboxylic acids is 1. The van der Waals surface area contributed by atoms with Crippen molar-refractivity contribution < 1.29 is 9.53 Å². The summed E-state index contributed by atoms with van der Waals surface area (Å²) in [5, 5.41) is 2.93. The first-order valence-electron chi connectivity index (χ1n) is 7.41. The van der Waals surface area contributed by atoms with Crippen molar-refractivity contribution in [3.05, 3.63) is 35.3 Å². The van der Waals surface area contributed by atoms with Crippen LogP contribution in [0.15, 0.2) is 18.3 Å². The van der Waals surface area contributed by atoms with Crippen molar-refractivity contribution in [2.45, 2.75) is 33.6 Å². The molecule has 0 saturated carbocycles. The molecule has 2 rings (SSSR count). The summed E-state index contributed by atoms with van der Waals surface area (Å²) >= 11 is 0. The molecule has 0 unspecified atom stereocenters. The van der Waals surface area contributed by atoms with Crippen molar-refractivity contribution >= 4 is 11.6 Å². The van der Waals surface area contributed by atoms with E-state index in [1.807, 2.05) is 43.5 Å². The number of aryl methyl sites for hydroxylation is 2. The van der Waals surface area contributed by atoms with Crippen molar-refractivity contribution in [2.75, 3.05) is 19.8 Å². The quantitative estimate of drug-likeness (QED) is 0.794. The Hall–Kier alpha value is -1.88. The largest absolute Gasteiger partial charge is 0.382 e. The highest BCUT2D eigenvalue weighted by molar-refractivity contribution is 5.78. The number of hydrogen-bond donors (Lipinski definition) is 1. The molecular weight excluding hydrogens is 266 g/mol. The number of pyridine rings is 1. The van der Waals surface area contributed by atoms with Gasteiger partial charge in [0.05, 0.1) is 17.8 Å². The molecule has 1 N–H and O–H groups in total. The topological polar surface area (TPSA) is 55.6 Å². The second-order valence-corrected chi connectivity index (χ2v) is 5.11. The van der Waals surface area contributed by atoms with Gasteiger partial charge in [0.1, 0.15) is 5.65 Å². The highest BCUT2D eigenvalue weighted by Gasteiger charge is 2.13. The van der Waals surface area contributed by atoms with Gasteiger partial charge in [-0.25, -0.2) is 4.98 Å². The lowest BCUT2D eigenvalue weighted by molar-refractivity contribution is -0.120. The Morgan fingerprint density at radius 2 is 2.24 bits per heavy atom. The van der Waals surface area contributed by atoms with E-state index in [0.717, 1.165) is 29.0 Å². The minimum atomic E-state index is 0.0258. The molecule has 0 saturated heterocycles. The maximum Gasteiger partial charge on any atom is 0.226 e. The van der Waals surface area contributed by atoms with Crippen LogP contribution in [-0.2, 0) is 16.0 Å². The lowest BCUT2D eigenvalue weighted by Gasteiger charge is -2.06. The van der Waals surface area contributed by atoms with Gasteiger partial charge in [-0.2, -0.15) is 0 Å². The van der Waals surface area contributed by atoms with E-state index in [2.05, 4.69) is 10.3 Å². The summed E-state index contributed by atoms with van der Waals surface area (Å²) in [4.78, 5) is 16.6. The number of amides is 1. The van der Waals surface area contributed by atoms with E-state index in [1.165, 1.54) is 0 Å². The summed E-state index contributed by atoms with van der Waals surface area (Å²) in [6.07, 6.45) is 3.15. The lowest BCUT2D eigenvalue weighted by Crippen LogP contribution is -2.27. The maximum atomic E-state index is 12.0. The Morgan fingerprint density at radius 3 is 3.00 bits per heavy atom. The van der Waals surface area contributed by atoms with Gasteiger partial charge < -0.3 is 14.5 Å². The van der Waals surface area contributed by atoms with E-state index in [9.17, 15) is 4.79 Å². The molecule has 2 heterocycles. The van der Waals surface area contributed by atoms with E-state index in [0.29, 0.717) is 26.2 Å². The summed E-state index contributed by atoms with van der Waals surface area (Å²) in [7, 11) is 0. The third-order valence-electron chi connectivity index (χ3n) is 3.46. The van der Waals surface area contributed by atoms with Crippen LogP contribution in [0, 0.1) is 13.8 Å². The highest BCUT2D eigenvalue weighted by atomic mass is 16.5. The third kappa shape index (κ3) is 3.82. The SMILES string of the molecule is CCOCCCNC(=O)Cc1c(C)nc2c(C)cccn12. The highest BCUT2D eigenvalue weighted by Crippen LogP contribution is 2.15. The average molecular weight is 289 g/mol. The summed E-state index contributed by atoms with van der Waals surface area (Å²) in [6, 6.07) is 4.01. The van der Waals surface area contributed by atoms with Crippen LogP contribution in [-0.4, -0.2) is 35.1 Å². The second kappa shape index (κ2) is 7.22. The molecule has 0 aromatic carbocycles. The molecule has 0 radical (unpaired) electrons. The lowest BCUT2D eigenvalue weighted by atomic mass is 10.2. The zero-order valence-electron chi connectivity index (χ0n) is 13.0. The molecule has 0 fully saturated rings. The van der Waals surface area contributed by atoms with E-state index >= 15 is 0 Å². The van der Waals surface area contributed by atoms with Gasteiger partial charge in [-0.15, -0.1) is 0 Å². The van der Waals surface area contributed by atoms with Crippen LogP contribution in [0.5, 0.6) is 0 Å². The van der Waals surface area contributed by atoms with Crippen molar-refractivity contribution in [1.82, 2.24) is 14.7 Å². The summed E-state index contributed by atoms with van der Waals surface area (Å²) < 4.78 is 7.25. The van der Waals surface area contributed by atoms with Gasteiger partial charge in [-0.05, 0) is 38.8 Å². The van der Waals surface area contributed by atoms with Gasteiger partial charge in [-0.3, -0.25) is 4.79 Å². The zero-order chi connectivity index (χ0) is 15.2. The molecular formula is C16H23N3O2. The summed E-state index contributed by atoms with van der Waals surface area (Å²) in [5.74, 6) is 0.0258. The van der Waals surface area contributed by atoms with E-state index in [4.69, 9.17) is 4.74 Å². The van der Waals surface area contributed by atoms with Gasteiger partial charge >= 0.3 is 0 Å². The Balaban J connectivity index is 1.98. The molecule has 0 aliphatic heterocycles. The van der Waals surface area contributed by atoms with Crippen LogP contribution >= 0.6 is 0 Å². The number of hydrogen-bond acceptors (Lipinski definition) is 3. The van der Waals surface area contributed by atoms with Crippen molar-refractivity contribution in [3.63, 3.8) is 0 Å². The first-order chi connectivity index (χ1) is 10.1. The first-order valence-corrected chi connectivity index (χ1v) is 7.41. The molecule has 21 heavy (non-hydrogen) atoms. The minimum Gasteiger partial charge on any atom is -0.382 e. The van der Waals surface area contributed by atoms with Crippen LogP contribution in [0.4, 0.5) is 0 Å². The molecule has 2 aromatic heterocycles. The predicted octanol–water partition coefficient (Wildman–Crippen LogP) is 2.04. The van der Waals surface area contributed by atoms with Crippen LogP contribution in [0.2, 0.25) is 0 Å². The number of imidazole rings is 1. The molecule has 1 amide bonds. The molecule has 5 heteroatoms. The predicted molar refractivity (Wildman–Crippen MR) is 82.5 cm³/mol. The normalized spacial score (nSPS) is 11.0. The first kappa shape index (κ1) is 15.5. The van der Waals surface area contributed by atoms with Gasteiger partial charge in [0.2, 0.25) is 5.91 Å². The number of aromatic nitrogens is 2. The summed E-state index contributed by atoms with van der Waals surface area (Å²) in [6.45, 7) is 7.99. The maximum absolute atomic E-state index is 12.0. The summed E-state index contributed by atoms with van der Waals surface area (Å²) in [5.41, 5.74) is 3.91. The number of rotatable bonds is 7. The molecule has 114 valence electrons. The minimum absolute atomic E-state index is 0.0258. The Morgan fingerprint density at radius 1 is 1.43 bits per heavy atom. The molecule has 0 aliphatic carbocycles. The smallest absolute Gasteiger partial charge is 0.226 e. The molecule has 0 spiro atoms. The number of carbonyl (C=O) groups is 1. The van der Waals surface area contributed by atoms with Gasteiger partial charge in [-0.1, -0.05) is 6.07 Å². The molecule has 2 aromatic rings. The van der Waals surface area contributed by atoms with Crippen LogP contribution < -0.4 is 5.32 Å². The van der Waals surface area contributed by atoms with Crippen LogP contribution in [0.1, 0.15) is 30.3 Å². The van der Waals surface area contributed by atoms with E-state index in [-0.39, 0.29) is 5.91 Å². The van der Waals surface area contributed by atoms with Gasteiger partial charge in [0.15, 0.2) is 0 Å². The van der Waals surface area contributed by atoms with Crippen molar-refractivity contribution in [2.24, 2.45) is 0 Å². The number of nitrogens with one attached hydrogen (secondary N) is 1. The standard InChI is InChI=1S/C16H23N3O2/c1-4-21-10-6-8-17-15(20)11-14-13(3)18-16-12(2)7-5-9-19(14)16/h5,7,9H,4,6,8,10-11H2,1-3H3,(H,17,20). The third-order valence-corrected chi connectivity index (χ3v) is 3.46. The Labute approximate surface area is 125 Å². The monoisotopic (exact) mass is 289 g/mol. The molecule has 0 aliphatic rings. The molecule has 0 atom stereocenters. The molecule has 5 nitrogen and oxygen atoms in total. The van der Waals surface area contributed by atoms with E-state index in [1.54, 1.807) is 0 Å². The average Bonchev–Trinajstić information content (AvgIpc) is 2.77. The zero-order valence-corrected chi connectivity index (χ0v) is 13.0. The fourth-order valence-electron chi connectivity index (χ4n) is 2.34. The Bertz CT molecular complexity index is 619. The van der Waals surface area contributed by atoms with Crippen molar-refractivity contribution in [3.8, 4) is 0 Å². The Kier molecular flexibility index (Phi) is 5.33. The molecule has 0 bridgehead atoms. The second-order valence-electron chi connectivity index (χ2n) is 5.11.